The lowest BCUT2D eigenvalue weighted by molar-refractivity contribution is -0.302. The van der Waals surface area contributed by atoms with Gasteiger partial charge in [0.2, 0.25) is 0 Å². The van der Waals surface area contributed by atoms with Crippen molar-refractivity contribution in [2.24, 2.45) is 23.7 Å². The number of aromatic nitrogens is 3. The molecule has 0 bridgehead atoms. The van der Waals surface area contributed by atoms with Gasteiger partial charge in [0.05, 0.1) is 41.9 Å². The van der Waals surface area contributed by atoms with Gasteiger partial charge < -0.3 is 43.0 Å². The predicted molar refractivity (Wildman–Crippen MR) is 250 cm³/mol. The van der Waals surface area contributed by atoms with Crippen LogP contribution in [-0.4, -0.2) is 141 Å². The summed E-state index contributed by atoms with van der Waals surface area (Å²) in [6.07, 6.45) is 2.70. The van der Waals surface area contributed by atoms with Gasteiger partial charge in [-0.2, -0.15) is 0 Å². The highest BCUT2D eigenvalue weighted by Gasteiger charge is 2.60. The van der Waals surface area contributed by atoms with Crippen LogP contribution in [0.15, 0.2) is 67.6 Å². The van der Waals surface area contributed by atoms with Crippen LogP contribution in [0.4, 0.5) is 4.79 Å². The molecule has 3 aromatic rings. The number of Topliss-reactive ketones (excluding diaryl/α,β-unsaturated/α-hetero) is 1. The van der Waals surface area contributed by atoms with Gasteiger partial charge in [0, 0.05) is 74.5 Å². The number of esters is 2. The second-order valence-corrected chi connectivity index (χ2v) is 19.5. The second kappa shape index (κ2) is 22.1. The Hall–Kier alpha value is -4.74. The minimum Gasteiger partial charge on any atom is -0.461 e. The average Bonchev–Trinajstić information content (AvgIpc) is 3.84. The Kier molecular flexibility index (Phi) is 17.1. The number of nitrogens with zero attached hydrogens (tertiary/aromatic N) is 5. The second-order valence-electron chi connectivity index (χ2n) is 19.5. The van der Waals surface area contributed by atoms with Gasteiger partial charge in [-0.15, -0.1) is 6.58 Å². The standard InChI is InChI=1S/C51H73N5O11/c1-12-24-54(10)38-28-32(4)63-48(42(38)59)66-45-34(6)43(65-40(57)29-37-20-14-15-22-52-37)35(7)47(60)64-39(13-2)51(9)44(33(5)41(58)31(3)30-50(45,8)62-11)56(49(61)67-51)26-17-16-25-55-27-21-36-19-18-23-53-46(36)55/h12,14-15,18-23,27,31-35,38-39,42-45,48,59H,1,13,16-17,24-26,28-30H2,2-11H3/t31-,32+,33+,34+,35-,38-,39-,42+,43+,44-,45-,48-,50-,51-/m1/s1. The number of aliphatic hydroxyl groups excluding tert-OH is 1. The molecule has 14 atom stereocenters. The maximum Gasteiger partial charge on any atom is 0.410 e. The Balaban J connectivity index is 1.37. The van der Waals surface area contributed by atoms with Gasteiger partial charge in [0.1, 0.15) is 29.7 Å². The summed E-state index contributed by atoms with van der Waals surface area (Å²) < 4.78 is 40.8. The molecule has 6 heterocycles. The molecule has 3 aliphatic heterocycles. The maximum atomic E-state index is 15.1. The van der Waals surface area contributed by atoms with E-state index in [-0.39, 0.29) is 37.2 Å². The summed E-state index contributed by atoms with van der Waals surface area (Å²) in [5.41, 5.74) is -1.39. The first-order valence-electron chi connectivity index (χ1n) is 24.0. The number of aliphatic hydroxyl groups is 1. The third-order valence-electron chi connectivity index (χ3n) is 14.5. The van der Waals surface area contributed by atoms with Gasteiger partial charge in [0.15, 0.2) is 11.9 Å². The molecule has 0 saturated carbocycles. The fraction of sp³-hybridized carbons (Fsp3) is 0.647. The molecule has 3 aromatic heterocycles. The van der Waals surface area contributed by atoms with Gasteiger partial charge >= 0.3 is 18.0 Å². The lowest BCUT2D eigenvalue weighted by Crippen LogP contribution is -2.61. The number of fused-ring (bicyclic) bond motifs is 2. The van der Waals surface area contributed by atoms with Gasteiger partial charge in [-0.3, -0.25) is 24.3 Å². The van der Waals surface area contributed by atoms with Crippen molar-refractivity contribution < 1.29 is 52.7 Å². The number of pyridine rings is 2. The molecular formula is C51H73N5O11. The quantitative estimate of drug-likeness (QED) is 0.0749. The average molecular weight is 932 g/mol. The highest BCUT2D eigenvalue weighted by atomic mass is 16.7. The summed E-state index contributed by atoms with van der Waals surface area (Å²) in [6, 6.07) is 9.99. The maximum absolute atomic E-state index is 15.1. The highest BCUT2D eigenvalue weighted by Crippen LogP contribution is 2.44. The van der Waals surface area contributed by atoms with Gasteiger partial charge in [-0.1, -0.05) is 39.8 Å². The monoisotopic (exact) mass is 932 g/mol. The molecule has 0 radical (unpaired) electrons. The molecule has 3 aliphatic rings. The molecule has 1 amide bonds. The first-order valence-corrected chi connectivity index (χ1v) is 24.0. The fourth-order valence-corrected chi connectivity index (χ4v) is 10.9. The van der Waals surface area contributed by atoms with E-state index in [9.17, 15) is 19.5 Å². The molecular weight excluding hydrogens is 859 g/mol. The first-order chi connectivity index (χ1) is 31.9. The van der Waals surface area contributed by atoms with E-state index in [0.29, 0.717) is 44.6 Å². The summed E-state index contributed by atoms with van der Waals surface area (Å²) in [5, 5.41) is 13.0. The number of amides is 1. The van der Waals surface area contributed by atoms with Crippen molar-refractivity contribution in [2.75, 3.05) is 27.2 Å². The van der Waals surface area contributed by atoms with Crippen LogP contribution in [0.3, 0.4) is 0 Å². The number of carbonyl (C=O) groups is 4. The summed E-state index contributed by atoms with van der Waals surface area (Å²) >= 11 is 0. The predicted octanol–water partition coefficient (Wildman–Crippen LogP) is 6.56. The minimum atomic E-state index is -1.44. The molecule has 16 heteroatoms. The number of carbonyl (C=O) groups excluding carboxylic acids is 4. The third kappa shape index (κ3) is 11.3. The first kappa shape index (κ1) is 51.6. The SMILES string of the molecule is C=CCN(C)[C@@H]1C[C@H](C)O[C@H](O[C@@H]2[C@@H](C)[C@H](OC(=O)Cc3ccccn3)[C@@H](C)C(=O)O[C@H](CC)[C@@]3(C)OC(=O)N(CCCCn4ccc5cccnc54)[C@@H]3[C@@H](C)C(=O)[C@H](C)C[C@@]2(C)OC)[C@H]1O. The Morgan fingerprint density at radius 1 is 1.01 bits per heavy atom. The summed E-state index contributed by atoms with van der Waals surface area (Å²) in [6.45, 7) is 19.7. The van der Waals surface area contributed by atoms with Gasteiger partial charge in [-0.05, 0) is 97.2 Å². The van der Waals surface area contributed by atoms with E-state index >= 15 is 4.79 Å². The fourth-order valence-electron chi connectivity index (χ4n) is 10.9. The number of rotatable bonds is 15. The van der Waals surface area contributed by atoms with E-state index in [2.05, 4.69) is 21.1 Å². The van der Waals surface area contributed by atoms with Crippen LogP contribution in [-0.2, 0) is 55.8 Å². The van der Waals surface area contributed by atoms with Crippen molar-refractivity contribution in [3.05, 3.63) is 73.3 Å². The molecule has 3 saturated heterocycles. The van der Waals surface area contributed by atoms with E-state index in [4.69, 9.17) is 28.4 Å². The van der Waals surface area contributed by atoms with E-state index in [1.807, 2.05) is 71.0 Å². The number of unbranched alkanes of at least 4 members (excludes halogenated alkanes) is 1. The number of cyclic esters (lactones) is 1. The molecule has 0 spiro atoms. The molecule has 0 aromatic carbocycles. The van der Waals surface area contributed by atoms with Crippen molar-refractivity contribution >= 4 is 34.8 Å². The minimum absolute atomic E-state index is 0.113. The largest absolute Gasteiger partial charge is 0.461 e. The summed E-state index contributed by atoms with van der Waals surface area (Å²) in [5.74, 6) is -4.87. The topological polar surface area (TPSA) is 181 Å². The normalized spacial score (nSPS) is 34.3. The van der Waals surface area contributed by atoms with Crippen molar-refractivity contribution in [1.29, 1.82) is 0 Å². The molecule has 368 valence electrons. The number of methoxy groups -OCH3 is 1. The Morgan fingerprint density at radius 3 is 2.43 bits per heavy atom. The number of likely N-dealkylation sites (N-methyl/N-ethyl adjacent to an activating group) is 1. The number of hydrogen-bond donors (Lipinski definition) is 1. The number of aryl methyl sites for hydroxylation is 1. The Bertz CT molecular complexity index is 2170. The molecule has 3 fully saturated rings. The zero-order valence-electron chi connectivity index (χ0n) is 41.0. The Labute approximate surface area is 395 Å². The van der Waals surface area contributed by atoms with Gasteiger partial charge in [-0.25, -0.2) is 9.78 Å². The lowest BCUT2D eigenvalue weighted by Gasteiger charge is -2.48. The Morgan fingerprint density at radius 2 is 1.75 bits per heavy atom. The molecule has 67 heavy (non-hydrogen) atoms. The molecule has 0 unspecified atom stereocenters. The van der Waals surface area contributed by atoms with E-state index in [1.165, 1.54) is 7.11 Å². The van der Waals surface area contributed by atoms with Crippen molar-refractivity contribution in [3.63, 3.8) is 0 Å². The summed E-state index contributed by atoms with van der Waals surface area (Å²) in [4.78, 5) is 70.3. The molecule has 0 aliphatic carbocycles. The smallest absolute Gasteiger partial charge is 0.410 e. The van der Waals surface area contributed by atoms with Crippen LogP contribution in [0.2, 0.25) is 0 Å². The number of hydrogen-bond acceptors (Lipinski definition) is 14. The van der Waals surface area contributed by atoms with Crippen molar-refractivity contribution in [2.45, 2.75) is 161 Å². The van der Waals surface area contributed by atoms with E-state index in [0.717, 1.165) is 11.0 Å². The van der Waals surface area contributed by atoms with Crippen molar-refractivity contribution in [3.8, 4) is 0 Å². The summed E-state index contributed by atoms with van der Waals surface area (Å²) in [7, 11) is 3.42. The van der Waals surface area contributed by atoms with Crippen LogP contribution in [0, 0.1) is 23.7 Å². The van der Waals surface area contributed by atoms with E-state index in [1.54, 1.807) is 62.3 Å². The number of ether oxygens (including phenoxy) is 6. The van der Waals surface area contributed by atoms with Crippen LogP contribution in [0.1, 0.15) is 93.2 Å². The van der Waals surface area contributed by atoms with Gasteiger partial charge in [0.25, 0.3) is 0 Å². The lowest BCUT2D eigenvalue weighted by atomic mass is 9.73. The zero-order valence-corrected chi connectivity index (χ0v) is 41.0. The molecule has 16 nitrogen and oxygen atoms in total. The molecule has 6 rings (SSSR count). The van der Waals surface area contributed by atoms with Crippen LogP contribution in [0.25, 0.3) is 11.0 Å². The van der Waals surface area contributed by atoms with E-state index < -0.39 is 89.7 Å². The van der Waals surface area contributed by atoms with Crippen LogP contribution in [0.5, 0.6) is 0 Å². The number of ketones is 1. The van der Waals surface area contributed by atoms with Crippen molar-refractivity contribution in [1.82, 2.24) is 24.3 Å². The van der Waals surface area contributed by atoms with Crippen LogP contribution < -0.4 is 0 Å². The highest BCUT2D eigenvalue weighted by molar-refractivity contribution is 5.85. The zero-order chi connectivity index (χ0) is 48.8. The third-order valence-corrected chi connectivity index (χ3v) is 14.5. The van der Waals surface area contributed by atoms with Crippen LogP contribution >= 0.6 is 0 Å². The molecule has 1 N–H and O–H groups in total.